The van der Waals surface area contributed by atoms with E-state index in [1.807, 2.05) is 57.7 Å². The van der Waals surface area contributed by atoms with Gasteiger partial charge in [0.2, 0.25) is 0 Å². The van der Waals surface area contributed by atoms with Gasteiger partial charge in [-0.05, 0) is 12.1 Å². The molecular weight excluding hydrogens is 434 g/mol. The lowest BCUT2D eigenvalue weighted by Crippen LogP contribution is -2.43. The van der Waals surface area contributed by atoms with E-state index in [-0.39, 0.29) is 12.3 Å². The predicted molar refractivity (Wildman–Crippen MR) is 127 cm³/mol. The lowest BCUT2D eigenvalue weighted by atomic mass is 9.95. The van der Waals surface area contributed by atoms with E-state index in [2.05, 4.69) is 5.32 Å². The van der Waals surface area contributed by atoms with E-state index in [0.717, 1.165) is 33.6 Å². The van der Waals surface area contributed by atoms with Gasteiger partial charge in [0.05, 0.1) is 33.7 Å². The van der Waals surface area contributed by atoms with Crippen molar-refractivity contribution in [1.29, 1.82) is 0 Å². The second-order valence-corrected chi connectivity index (χ2v) is 8.98. The summed E-state index contributed by atoms with van der Waals surface area (Å²) in [5, 5.41) is 27.4. The number of fused-ring (bicyclic) bond motifs is 10. The first kappa shape index (κ1) is 19.7. The first-order valence-corrected chi connectivity index (χ1v) is 11.3. The third-order valence-electron chi connectivity index (χ3n) is 7.37. The lowest BCUT2D eigenvalue weighted by molar-refractivity contribution is -0.213. The molecule has 0 saturated carbocycles. The van der Waals surface area contributed by atoms with Crippen LogP contribution in [0.5, 0.6) is 0 Å². The molecule has 2 aliphatic rings. The third-order valence-corrected chi connectivity index (χ3v) is 7.37. The van der Waals surface area contributed by atoms with Crippen LogP contribution in [0, 0.1) is 0 Å². The number of aldehydes is 1. The average Bonchev–Trinajstić information content (AvgIpc) is 3.34. The second kappa shape index (κ2) is 6.66. The maximum absolute atomic E-state index is 13.3. The van der Waals surface area contributed by atoms with Crippen LogP contribution in [-0.2, 0) is 4.74 Å². The van der Waals surface area contributed by atoms with Gasteiger partial charge in [-0.2, -0.15) is 0 Å². The van der Waals surface area contributed by atoms with E-state index in [1.54, 1.807) is 7.05 Å². The van der Waals surface area contributed by atoms with Crippen molar-refractivity contribution in [3.8, 4) is 0 Å². The first-order valence-electron chi connectivity index (χ1n) is 11.3. The Kier molecular flexibility index (Phi) is 3.87. The van der Waals surface area contributed by atoms with Crippen LogP contribution in [-0.4, -0.2) is 50.8 Å². The molecule has 2 bridgehead atoms. The number of benzene rings is 3. The highest BCUT2D eigenvalue weighted by atomic mass is 16.5. The molecule has 8 nitrogen and oxygen atoms in total. The molecule has 4 atom stereocenters. The molecule has 4 unspecified atom stereocenters. The summed E-state index contributed by atoms with van der Waals surface area (Å²) >= 11 is 0. The van der Waals surface area contributed by atoms with Crippen LogP contribution in [0.25, 0.3) is 43.6 Å². The normalized spacial score (nSPS) is 23.7. The minimum atomic E-state index is -1.16. The molecule has 0 spiro atoms. The highest BCUT2D eigenvalue weighted by Gasteiger charge is 2.44. The number of ether oxygens (including phenoxy) is 1. The van der Waals surface area contributed by atoms with Gasteiger partial charge in [0.1, 0.15) is 12.3 Å². The van der Waals surface area contributed by atoms with Gasteiger partial charge in [0, 0.05) is 40.6 Å². The largest absolute Gasteiger partial charge is 0.390 e. The molecule has 3 aromatic carbocycles. The lowest BCUT2D eigenvalue weighted by Gasteiger charge is -2.37. The molecule has 2 aromatic heterocycles. The third kappa shape index (κ3) is 2.18. The van der Waals surface area contributed by atoms with Crippen LogP contribution in [0.3, 0.4) is 0 Å². The van der Waals surface area contributed by atoms with Crippen molar-refractivity contribution in [2.24, 2.45) is 0 Å². The number of hydrogen-bond acceptors (Lipinski definition) is 5. The standard InChI is InChI=1S/C26H21N3O5/c1-27-25(33)21-14(11-30)19-12-6-2-4-8-15(12)28-18-10-17(31)24(32)26(34-18)29-16-9-5-3-7-13(16)20(21)23(29)22(19)28/h2-9,11,17-18,24,26,31-32H,10H2,1H3,(H,27,33). The number of aliphatic hydroxyl groups is 2. The van der Waals surface area contributed by atoms with Gasteiger partial charge in [0.15, 0.2) is 12.5 Å². The average molecular weight is 455 g/mol. The number of aromatic nitrogens is 2. The highest BCUT2D eigenvalue weighted by molar-refractivity contribution is 6.33. The van der Waals surface area contributed by atoms with Gasteiger partial charge in [-0.25, -0.2) is 0 Å². The predicted octanol–water partition coefficient (Wildman–Crippen LogP) is 3.23. The Hall–Kier alpha value is -3.72. The van der Waals surface area contributed by atoms with Crippen LogP contribution in [0.1, 0.15) is 39.6 Å². The van der Waals surface area contributed by atoms with Gasteiger partial charge < -0.3 is 29.4 Å². The minimum Gasteiger partial charge on any atom is -0.390 e. The molecule has 2 aliphatic heterocycles. The van der Waals surface area contributed by atoms with Gasteiger partial charge >= 0.3 is 0 Å². The first-order chi connectivity index (χ1) is 16.6. The van der Waals surface area contributed by atoms with Crippen molar-refractivity contribution < 1.29 is 24.5 Å². The summed E-state index contributed by atoms with van der Waals surface area (Å²) in [7, 11) is 1.55. The zero-order valence-electron chi connectivity index (χ0n) is 18.2. The number of carbonyl (C=O) groups excluding carboxylic acids is 2. The van der Waals surface area contributed by atoms with Gasteiger partial charge in [-0.1, -0.05) is 36.4 Å². The van der Waals surface area contributed by atoms with Gasteiger partial charge in [-0.15, -0.1) is 0 Å². The van der Waals surface area contributed by atoms with Crippen molar-refractivity contribution in [2.75, 3.05) is 7.05 Å². The smallest absolute Gasteiger partial charge is 0.252 e. The molecule has 5 aromatic rings. The summed E-state index contributed by atoms with van der Waals surface area (Å²) in [6, 6.07) is 15.2. The van der Waals surface area contributed by atoms with Crippen LogP contribution in [0.4, 0.5) is 0 Å². The molecule has 7 rings (SSSR count). The number of para-hydroxylation sites is 2. The number of carbonyl (C=O) groups is 2. The second-order valence-electron chi connectivity index (χ2n) is 8.98. The number of nitrogens with one attached hydrogen (secondary N) is 1. The van der Waals surface area contributed by atoms with E-state index >= 15 is 0 Å². The van der Waals surface area contributed by atoms with E-state index in [0.29, 0.717) is 27.4 Å². The number of amides is 1. The van der Waals surface area contributed by atoms with Crippen LogP contribution < -0.4 is 5.32 Å². The topological polar surface area (TPSA) is 106 Å². The summed E-state index contributed by atoms with van der Waals surface area (Å²) in [6.45, 7) is 0. The Morgan fingerprint density at radius 3 is 2.29 bits per heavy atom. The fourth-order valence-corrected chi connectivity index (χ4v) is 6.03. The van der Waals surface area contributed by atoms with Crippen LogP contribution in [0.2, 0.25) is 0 Å². The van der Waals surface area contributed by atoms with E-state index in [4.69, 9.17) is 4.74 Å². The Morgan fingerprint density at radius 1 is 1.00 bits per heavy atom. The summed E-state index contributed by atoms with van der Waals surface area (Å²) in [4.78, 5) is 25.9. The number of rotatable bonds is 2. The summed E-state index contributed by atoms with van der Waals surface area (Å²) in [5.41, 5.74) is 3.67. The summed E-state index contributed by atoms with van der Waals surface area (Å²) in [6.07, 6.45) is -2.63. The molecule has 1 amide bonds. The van der Waals surface area contributed by atoms with E-state index in [9.17, 15) is 19.8 Å². The molecule has 1 fully saturated rings. The molecular formula is C26H21N3O5. The van der Waals surface area contributed by atoms with Crippen LogP contribution in [0.15, 0.2) is 48.5 Å². The molecule has 8 heteroatoms. The number of aliphatic hydroxyl groups excluding tert-OH is 2. The quantitative estimate of drug-likeness (QED) is 0.355. The van der Waals surface area contributed by atoms with Crippen LogP contribution >= 0.6 is 0 Å². The molecule has 34 heavy (non-hydrogen) atoms. The number of nitrogens with zero attached hydrogens (tertiary/aromatic N) is 2. The van der Waals surface area contributed by atoms with E-state index < -0.39 is 24.7 Å². The minimum absolute atomic E-state index is 0.198. The SMILES string of the molecule is CNC(=O)c1c(C=O)c2c3ccccc3n3c2c2c1c1ccccc1n2C1OC3CC(O)C1O. The molecule has 0 aliphatic carbocycles. The molecule has 3 N–H and O–H groups in total. The number of hydrogen-bond donors (Lipinski definition) is 3. The Balaban J connectivity index is 1.88. The Bertz CT molecular complexity index is 1700. The van der Waals surface area contributed by atoms with Crippen molar-refractivity contribution in [3.63, 3.8) is 0 Å². The zero-order chi connectivity index (χ0) is 23.3. The summed E-state index contributed by atoms with van der Waals surface area (Å²) in [5.74, 6) is -0.363. The van der Waals surface area contributed by atoms with Crippen molar-refractivity contribution in [2.45, 2.75) is 31.1 Å². The Labute approximate surface area is 192 Å². The maximum atomic E-state index is 13.3. The highest BCUT2D eigenvalue weighted by Crippen LogP contribution is 2.50. The van der Waals surface area contributed by atoms with Crippen molar-refractivity contribution in [1.82, 2.24) is 14.5 Å². The van der Waals surface area contributed by atoms with Crippen molar-refractivity contribution in [3.05, 3.63) is 59.7 Å². The monoisotopic (exact) mass is 455 g/mol. The maximum Gasteiger partial charge on any atom is 0.252 e. The molecule has 4 heterocycles. The molecule has 1 saturated heterocycles. The molecule has 170 valence electrons. The van der Waals surface area contributed by atoms with Crippen molar-refractivity contribution >= 4 is 55.8 Å². The molecule has 0 radical (unpaired) electrons. The fraction of sp³-hybridized carbons (Fsp3) is 0.231. The fourth-order valence-electron chi connectivity index (χ4n) is 6.03. The van der Waals surface area contributed by atoms with Gasteiger partial charge in [-0.3, -0.25) is 9.59 Å². The summed E-state index contributed by atoms with van der Waals surface area (Å²) < 4.78 is 10.4. The van der Waals surface area contributed by atoms with E-state index in [1.165, 1.54) is 0 Å². The van der Waals surface area contributed by atoms with Gasteiger partial charge in [0.25, 0.3) is 5.91 Å². The zero-order valence-corrected chi connectivity index (χ0v) is 18.2. The Morgan fingerprint density at radius 2 is 1.62 bits per heavy atom.